The van der Waals surface area contributed by atoms with Crippen molar-refractivity contribution in [3.8, 4) is 17.2 Å². The molecule has 0 spiro atoms. The van der Waals surface area contributed by atoms with Gasteiger partial charge in [-0.1, -0.05) is 26.0 Å². The summed E-state index contributed by atoms with van der Waals surface area (Å²) >= 11 is 0. The summed E-state index contributed by atoms with van der Waals surface area (Å²) < 4.78 is 16.4. The van der Waals surface area contributed by atoms with Crippen LogP contribution in [0.5, 0.6) is 17.2 Å². The Kier molecular flexibility index (Phi) is 5.61. The van der Waals surface area contributed by atoms with Gasteiger partial charge in [-0.2, -0.15) is 0 Å². The molecule has 7 heteroatoms. The van der Waals surface area contributed by atoms with Crippen molar-refractivity contribution in [3.05, 3.63) is 53.7 Å². The van der Waals surface area contributed by atoms with Crippen LogP contribution in [0.2, 0.25) is 0 Å². The Morgan fingerprint density at radius 1 is 0.967 bits per heavy atom. The predicted octanol–water partition coefficient (Wildman–Crippen LogP) is 3.81. The molecule has 30 heavy (non-hydrogen) atoms. The summed E-state index contributed by atoms with van der Waals surface area (Å²) in [6, 6.07) is 12.6. The number of anilines is 1. The van der Waals surface area contributed by atoms with Gasteiger partial charge in [0.1, 0.15) is 11.4 Å². The zero-order chi connectivity index (χ0) is 21.1. The summed E-state index contributed by atoms with van der Waals surface area (Å²) in [5, 5.41) is 3.14. The van der Waals surface area contributed by atoms with E-state index in [2.05, 4.69) is 5.32 Å². The normalized spacial score (nSPS) is 15.2. The number of hydrogen-bond donors (Lipinski definition) is 1. The standard InChI is InChI=1S/C23H24N2O5/c1-3-11-25-22(26)20(15-5-8-17(9-6-15)28-12-4-2)21(23(25)27)24-16-7-10-18-19(13-16)30-14-29-18/h5-10,13,24H,3-4,11-12,14H2,1-2H3. The fourth-order valence-electron chi connectivity index (χ4n) is 3.44. The number of ether oxygens (including phenoxy) is 3. The number of carbonyl (C=O) groups excluding carboxylic acids is 2. The van der Waals surface area contributed by atoms with Crippen molar-refractivity contribution in [3.63, 3.8) is 0 Å². The Hall–Kier alpha value is -3.48. The summed E-state index contributed by atoms with van der Waals surface area (Å²) in [5.41, 5.74) is 1.93. The molecule has 4 rings (SSSR count). The molecule has 0 saturated heterocycles. The fraction of sp³-hybridized carbons (Fsp3) is 0.304. The predicted molar refractivity (Wildman–Crippen MR) is 112 cm³/mol. The highest BCUT2D eigenvalue weighted by molar-refractivity contribution is 6.36. The van der Waals surface area contributed by atoms with Crippen LogP contribution >= 0.6 is 0 Å². The zero-order valence-electron chi connectivity index (χ0n) is 17.1. The summed E-state index contributed by atoms with van der Waals surface area (Å²) in [7, 11) is 0. The summed E-state index contributed by atoms with van der Waals surface area (Å²) in [5.74, 6) is 1.35. The van der Waals surface area contributed by atoms with Gasteiger partial charge in [-0.25, -0.2) is 0 Å². The maximum absolute atomic E-state index is 13.1. The quantitative estimate of drug-likeness (QED) is 0.670. The second kappa shape index (κ2) is 8.49. The molecule has 2 aliphatic heterocycles. The fourth-order valence-corrected chi connectivity index (χ4v) is 3.44. The lowest BCUT2D eigenvalue weighted by molar-refractivity contribution is -0.136. The van der Waals surface area contributed by atoms with Crippen LogP contribution < -0.4 is 19.5 Å². The average molecular weight is 408 g/mol. The number of fused-ring (bicyclic) bond motifs is 1. The molecule has 7 nitrogen and oxygen atoms in total. The van der Waals surface area contributed by atoms with E-state index in [1.54, 1.807) is 18.2 Å². The minimum Gasteiger partial charge on any atom is -0.494 e. The monoisotopic (exact) mass is 408 g/mol. The molecular weight excluding hydrogens is 384 g/mol. The molecule has 0 radical (unpaired) electrons. The topological polar surface area (TPSA) is 77.1 Å². The molecule has 0 saturated carbocycles. The Bertz CT molecular complexity index is 997. The van der Waals surface area contributed by atoms with Crippen molar-refractivity contribution in [2.24, 2.45) is 0 Å². The number of hydrogen-bond acceptors (Lipinski definition) is 6. The van der Waals surface area contributed by atoms with Crippen LogP contribution in [-0.4, -0.2) is 36.7 Å². The Balaban J connectivity index is 1.69. The molecule has 156 valence electrons. The highest BCUT2D eigenvalue weighted by atomic mass is 16.7. The van der Waals surface area contributed by atoms with Crippen LogP contribution in [0.1, 0.15) is 32.3 Å². The number of amides is 2. The van der Waals surface area contributed by atoms with Gasteiger partial charge in [0.05, 0.1) is 12.2 Å². The molecule has 2 aromatic rings. The van der Waals surface area contributed by atoms with E-state index < -0.39 is 0 Å². The van der Waals surface area contributed by atoms with Gasteiger partial charge in [-0.05, 0) is 42.7 Å². The lowest BCUT2D eigenvalue weighted by Gasteiger charge is -2.14. The number of carbonyl (C=O) groups is 2. The number of rotatable bonds is 8. The third-order valence-electron chi connectivity index (χ3n) is 4.87. The first-order valence-electron chi connectivity index (χ1n) is 10.1. The molecule has 0 bridgehead atoms. The number of imide groups is 1. The van der Waals surface area contributed by atoms with E-state index >= 15 is 0 Å². The van der Waals surface area contributed by atoms with Crippen molar-refractivity contribution in [1.82, 2.24) is 4.90 Å². The molecule has 0 aromatic heterocycles. The van der Waals surface area contributed by atoms with E-state index in [1.165, 1.54) is 4.90 Å². The van der Waals surface area contributed by atoms with Crippen LogP contribution in [0, 0.1) is 0 Å². The molecule has 2 aromatic carbocycles. The van der Waals surface area contributed by atoms with E-state index in [0.717, 1.165) is 12.2 Å². The Labute approximate surface area is 175 Å². The van der Waals surface area contributed by atoms with Crippen LogP contribution in [-0.2, 0) is 9.59 Å². The van der Waals surface area contributed by atoms with Crippen molar-refractivity contribution < 1.29 is 23.8 Å². The third-order valence-corrected chi connectivity index (χ3v) is 4.87. The minimum atomic E-state index is -0.333. The highest BCUT2D eigenvalue weighted by Gasteiger charge is 2.38. The smallest absolute Gasteiger partial charge is 0.278 e. The van der Waals surface area contributed by atoms with Gasteiger partial charge in [-0.3, -0.25) is 14.5 Å². The van der Waals surface area contributed by atoms with Crippen molar-refractivity contribution in [1.29, 1.82) is 0 Å². The average Bonchev–Trinajstić information content (AvgIpc) is 3.31. The molecule has 2 amide bonds. The maximum atomic E-state index is 13.1. The largest absolute Gasteiger partial charge is 0.494 e. The highest BCUT2D eigenvalue weighted by Crippen LogP contribution is 2.36. The van der Waals surface area contributed by atoms with Gasteiger partial charge in [0.2, 0.25) is 6.79 Å². The summed E-state index contributed by atoms with van der Waals surface area (Å²) in [6.45, 7) is 5.13. The first-order valence-corrected chi connectivity index (χ1v) is 10.1. The zero-order valence-corrected chi connectivity index (χ0v) is 17.1. The molecule has 0 aliphatic carbocycles. The molecule has 0 fully saturated rings. The summed E-state index contributed by atoms with van der Waals surface area (Å²) in [4.78, 5) is 27.4. The maximum Gasteiger partial charge on any atom is 0.278 e. The van der Waals surface area contributed by atoms with Crippen LogP contribution in [0.25, 0.3) is 5.57 Å². The molecule has 2 aliphatic rings. The van der Waals surface area contributed by atoms with Gasteiger partial charge in [0.15, 0.2) is 11.5 Å². The Morgan fingerprint density at radius 2 is 1.73 bits per heavy atom. The van der Waals surface area contributed by atoms with Gasteiger partial charge in [0.25, 0.3) is 11.8 Å². The molecule has 1 N–H and O–H groups in total. The third kappa shape index (κ3) is 3.70. The van der Waals surface area contributed by atoms with Gasteiger partial charge in [0, 0.05) is 18.3 Å². The van der Waals surface area contributed by atoms with Crippen molar-refractivity contribution in [2.75, 3.05) is 25.3 Å². The van der Waals surface area contributed by atoms with Gasteiger partial charge >= 0.3 is 0 Å². The van der Waals surface area contributed by atoms with E-state index in [4.69, 9.17) is 14.2 Å². The second-order valence-electron chi connectivity index (χ2n) is 7.08. The van der Waals surface area contributed by atoms with Gasteiger partial charge < -0.3 is 19.5 Å². The van der Waals surface area contributed by atoms with Crippen molar-refractivity contribution in [2.45, 2.75) is 26.7 Å². The van der Waals surface area contributed by atoms with Crippen LogP contribution in [0.15, 0.2) is 48.2 Å². The van der Waals surface area contributed by atoms with Gasteiger partial charge in [-0.15, -0.1) is 0 Å². The summed E-state index contributed by atoms with van der Waals surface area (Å²) in [6.07, 6.45) is 1.60. The number of benzene rings is 2. The number of nitrogens with one attached hydrogen (secondary N) is 1. The van der Waals surface area contributed by atoms with E-state index in [9.17, 15) is 9.59 Å². The first-order chi connectivity index (χ1) is 14.6. The van der Waals surface area contributed by atoms with E-state index in [0.29, 0.717) is 47.9 Å². The van der Waals surface area contributed by atoms with Crippen molar-refractivity contribution >= 4 is 23.1 Å². The SMILES string of the molecule is CCCOc1ccc(C2=C(Nc3ccc4c(c3)OCO4)C(=O)N(CCC)C2=O)cc1. The molecule has 0 atom stereocenters. The lowest BCUT2D eigenvalue weighted by Crippen LogP contribution is -2.33. The lowest BCUT2D eigenvalue weighted by atomic mass is 10.0. The van der Waals surface area contributed by atoms with E-state index in [1.807, 2.05) is 38.1 Å². The van der Waals surface area contributed by atoms with Crippen LogP contribution in [0.4, 0.5) is 5.69 Å². The molecule has 0 unspecified atom stereocenters. The second-order valence-corrected chi connectivity index (χ2v) is 7.08. The Morgan fingerprint density at radius 3 is 2.47 bits per heavy atom. The van der Waals surface area contributed by atoms with Crippen LogP contribution in [0.3, 0.4) is 0 Å². The van der Waals surface area contributed by atoms with E-state index in [-0.39, 0.29) is 24.3 Å². The molecular formula is C23H24N2O5. The number of nitrogens with zero attached hydrogens (tertiary/aromatic N) is 1. The minimum absolute atomic E-state index is 0.168. The first kappa shape index (κ1) is 19.8. The molecule has 2 heterocycles.